The lowest BCUT2D eigenvalue weighted by atomic mass is 9.70. The van der Waals surface area contributed by atoms with Gasteiger partial charge in [0.25, 0.3) is 0 Å². The summed E-state index contributed by atoms with van der Waals surface area (Å²) >= 11 is 0. The number of esters is 1. The summed E-state index contributed by atoms with van der Waals surface area (Å²) in [5.41, 5.74) is 2.67. The molecule has 1 aliphatic carbocycles. The van der Waals surface area contributed by atoms with E-state index in [4.69, 9.17) is 9.47 Å². The van der Waals surface area contributed by atoms with Crippen molar-refractivity contribution in [2.75, 3.05) is 13.6 Å². The van der Waals surface area contributed by atoms with E-state index in [9.17, 15) is 4.79 Å². The van der Waals surface area contributed by atoms with Crippen molar-refractivity contribution in [3.05, 3.63) is 23.3 Å². The van der Waals surface area contributed by atoms with E-state index in [0.29, 0.717) is 24.3 Å². The Morgan fingerprint density at radius 3 is 2.74 bits per heavy atom. The number of rotatable bonds is 10. The van der Waals surface area contributed by atoms with Gasteiger partial charge in [0.15, 0.2) is 0 Å². The number of carbonyl (C=O) groups is 1. The molecule has 2 aliphatic rings. The van der Waals surface area contributed by atoms with Crippen LogP contribution in [0.5, 0.6) is 11.5 Å². The fourth-order valence-corrected chi connectivity index (χ4v) is 5.22. The number of hydrogen-bond donors (Lipinski definition) is 1. The molecule has 2 unspecified atom stereocenters. The second kappa shape index (κ2) is 9.94. The number of unbranched alkanes of at least 4 members (excludes halogenated alkanes) is 3. The number of benzene rings is 1. The van der Waals surface area contributed by atoms with Crippen molar-refractivity contribution in [2.45, 2.75) is 110 Å². The first-order valence-corrected chi connectivity index (χ1v) is 12.4. The smallest absolute Gasteiger partial charge is 0.312 e. The van der Waals surface area contributed by atoms with E-state index < -0.39 is 0 Å². The van der Waals surface area contributed by atoms with Gasteiger partial charge in [0.2, 0.25) is 0 Å². The summed E-state index contributed by atoms with van der Waals surface area (Å²) in [5, 5.41) is 3.03. The summed E-state index contributed by atoms with van der Waals surface area (Å²) in [6.45, 7) is 12.1. The first-order valence-electron chi connectivity index (χ1n) is 12.4. The lowest BCUT2D eigenvalue weighted by Gasteiger charge is -2.36. The van der Waals surface area contributed by atoms with E-state index in [1.165, 1.54) is 37.7 Å². The highest BCUT2D eigenvalue weighted by atomic mass is 16.5. The molecule has 1 heterocycles. The number of carbonyl (C=O) groups excluding carboxylic acids is 1. The normalized spacial score (nSPS) is 21.9. The van der Waals surface area contributed by atoms with Crippen LogP contribution in [0.1, 0.15) is 109 Å². The molecule has 1 aromatic rings. The van der Waals surface area contributed by atoms with Gasteiger partial charge in [0, 0.05) is 18.0 Å². The Bertz CT molecular complexity index is 768. The number of fused-ring (bicyclic) bond motifs is 3. The lowest BCUT2D eigenvalue weighted by molar-refractivity contribution is -0.134. The Balaban J connectivity index is 1.90. The van der Waals surface area contributed by atoms with Gasteiger partial charge in [0.05, 0.1) is 6.42 Å². The summed E-state index contributed by atoms with van der Waals surface area (Å²) in [6, 6.07) is 4.38. The average molecular weight is 430 g/mol. The van der Waals surface area contributed by atoms with E-state index in [-0.39, 0.29) is 17.5 Å². The van der Waals surface area contributed by atoms with E-state index >= 15 is 0 Å². The lowest BCUT2D eigenvalue weighted by Crippen LogP contribution is -2.32. The molecule has 0 amide bonds. The maximum atomic E-state index is 12.5. The van der Waals surface area contributed by atoms with Crippen LogP contribution in [-0.2, 0) is 10.2 Å². The Hall–Kier alpha value is -1.55. The molecule has 1 fully saturated rings. The maximum Gasteiger partial charge on any atom is 0.312 e. The van der Waals surface area contributed by atoms with Crippen molar-refractivity contribution < 1.29 is 14.3 Å². The van der Waals surface area contributed by atoms with Crippen molar-refractivity contribution >= 4 is 5.97 Å². The van der Waals surface area contributed by atoms with Crippen molar-refractivity contribution in [2.24, 2.45) is 5.41 Å². The summed E-state index contributed by atoms with van der Waals surface area (Å²) in [6.07, 6.45) is 10.0. The van der Waals surface area contributed by atoms with Crippen molar-refractivity contribution in [3.63, 3.8) is 0 Å². The van der Waals surface area contributed by atoms with Gasteiger partial charge in [0.1, 0.15) is 17.6 Å². The second-order valence-electron chi connectivity index (χ2n) is 11.1. The van der Waals surface area contributed by atoms with Crippen LogP contribution in [0.2, 0.25) is 0 Å². The van der Waals surface area contributed by atoms with Crippen molar-refractivity contribution in [1.82, 2.24) is 5.32 Å². The third kappa shape index (κ3) is 5.83. The topological polar surface area (TPSA) is 47.6 Å². The molecule has 2 atom stereocenters. The first-order chi connectivity index (χ1) is 14.7. The average Bonchev–Trinajstić information content (AvgIpc) is 3.06. The van der Waals surface area contributed by atoms with Gasteiger partial charge < -0.3 is 14.8 Å². The minimum atomic E-state index is -0.172. The molecule has 0 radical (unpaired) electrons. The number of ether oxygens (including phenoxy) is 2. The molecule has 0 aromatic heterocycles. The Morgan fingerprint density at radius 1 is 1.26 bits per heavy atom. The molecule has 1 aromatic carbocycles. The van der Waals surface area contributed by atoms with Crippen LogP contribution in [0.4, 0.5) is 0 Å². The molecular weight excluding hydrogens is 386 g/mol. The molecule has 3 rings (SSSR count). The van der Waals surface area contributed by atoms with Crippen LogP contribution < -0.4 is 14.8 Å². The monoisotopic (exact) mass is 429 g/mol. The molecule has 31 heavy (non-hydrogen) atoms. The highest BCUT2D eigenvalue weighted by molar-refractivity contribution is 5.74. The van der Waals surface area contributed by atoms with Crippen LogP contribution in [0.15, 0.2) is 12.1 Å². The first kappa shape index (κ1) is 24.1. The van der Waals surface area contributed by atoms with Crippen LogP contribution in [-0.4, -0.2) is 25.7 Å². The van der Waals surface area contributed by atoms with Gasteiger partial charge in [-0.25, -0.2) is 0 Å². The Kier molecular flexibility index (Phi) is 7.72. The van der Waals surface area contributed by atoms with Gasteiger partial charge in [-0.2, -0.15) is 0 Å². The molecule has 174 valence electrons. The summed E-state index contributed by atoms with van der Waals surface area (Å²) in [5.74, 6) is 1.84. The molecule has 4 heteroatoms. The number of hydrogen-bond acceptors (Lipinski definition) is 4. The fourth-order valence-electron chi connectivity index (χ4n) is 5.22. The molecular formula is C27H43NO3. The van der Waals surface area contributed by atoms with Crippen molar-refractivity contribution in [1.29, 1.82) is 0 Å². The predicted molar refractivity (Wildman–Crippen MR) is 127 cm³/mol. The Morgan fingerprint density at radius 2 is 2.03 bits per heavy atom. The zero-order valence-corrected chi connectivity index (χ0v) is 20.6. The number of nitrogens with one attached hydrogen (secondary N) is 1. The summed E-state index contributed by atoms with van der Waals surface area (Å²) in [7, 11) is 1.86. The molecule has 1 N–H and O–H groups in total. The zero-order chi connectivity index (χ0) is 22.6. The van der Waals surface area contributed by atoms with Gasteiger partial charge in [-0.05, 0) is 61.3 Å². The largest absolute Gasteiger partial charge is 0.489 e. The van der Waals surface area contributed by atoms with Gasteiger partial charge in [-0.1, -0.05) is 60.3 Å². The summed E-state index contributed by atoms with van der Waals surface area (Å²) in [4.78, 5) is 12.5. The van der Waals surface area contributed by atoms with Crippen LogP contribution in [0.3, 0.4) is 0 Å². The van der Waals surface area contributed by atoms with E-state index in [1.54, 1.807) is 0 Å². The predicted octanol–water partition coefficient (Wildman–Crippen LogP) is 6.50. The zero-order valence-electron chi connectivity index (χ0n) is 20.6. The van der Waals surface area contributed by atoms with Crippen LogP contribution >= 0.6 is 0 Å². The quantitative estimate of drug-likeness (QED) is 0.262. The Labute approximate surface area is 189 Å². The second-order valence-corrected chi connectivity index (χ2v) is 11.1. The highest BCUT2D eigenvalue weighted by Gasteiger charge is 2.44. The van der Waals surface area contributed by atoms with E-state index in [0.717, 1.165) is 36.3 Å². The van der Waals surface area contributed by atoms with Crippen molar-refractivity contribution in [3.8, 4) is 11.5 Å². The SMILES string of the molecule is CCCCCCC(C)(C)c1cc(OC(=O)CCNC)c2c(c1)OC1CC(C)(C)CCC21. The highest BCUT2D eigenvalue weighted by Crippen LogP contribution is 2.54. The summed E-state index contributed by atoms with van der Waals surface area (Å²) < 4.78 is 12.5. The van der Waals surface area contributed by atoms with E-state index in [2.05, 4.69) is 52.1 Å². The molecule has 1 saturated carbocycles. The standard InChI is InChI=1S/C27H43NO3/c1-7-8-9-10-13-27(4,5)19-16-21-25(22(17-19)31-24(29)12-15-28-6)20-11-14-26(2,3)18-23(20)30-21/h16-17,20,23,28H,7-15,18H2,1-6H3. The maximum absolute atomic E-state index is 12.5. The van der Waals surface area contributed by atoms with E-state index in [1.807, 2.05) is 7.05 Å². The minimum absolute atomic E-state index is 0.0191. The molecule has 0 saturated heterocycles. The molecule has 4 nitrogen and oxygen atoms in total. The third-order valence-corrected chi connectivity index (χ3v) is 7.33. The molecule has 0 bridgehead atoms. The van der Waals surface area contributed by atoms with Crippen LogP contribution in [0, 0.1) is 5.41 Å². The fraction of sp³-hybridized carbons (Fsp3) is 0.741. The third-order valence-electron chi connectivity index (χ3n) is 7.33. The van der Waals surface area contributed by atoms with Gasteiger partial charge >= 0.3 is 5.97 Å². The minimum Gasteiger partial charge on any atom is -0.489 e. The molecule has 0 spiro atoms. The van der Waals surface area contributed by atoms with Crippen LogP contribution in [0.25, 0.3) is 0 Å². The van der Waals surface area contributed by atoms with Gasteiger partial charge in [-0.15, -0.1) is 0 Å². The molecule has 1 aliphatic heterocycles. The van der Waals surface area contributed by atoms with Gasteiger partial charge in [-0.3, -0.25) is 4.79 Å².